The fraction of sp³-hybridized carbons (Fsp3) is 0.0741. The zero-order valence-electron chi connectivity index (χ0n) is 17.9. The number of nitrogens with zero attached hydrogens (tertiary/aromatic N) is 3. The van der Waals surface area contributed by atoms with E-state index in [4.69, 9.17) is 11.6 Å². The smallest absolute Gasteiger partial charge is 0.293 e. The zero-order chi connectivity index (χ0) is 23.7. The molecule has 1 fully saturated rings. The van der Waals surface area contributed by atoms with Crippen LogP contribution in [0.5, 0.6) is 0 Å². The number of aromatic nitrogens is 1. The quantitative estimate of drug-likeness (QED) is 0.306. The highest BCUT2D eigenvalue weighted by Gasteiger charge is 2.35. The lowest BCUT2D eigenvalue weighted by atomic mass is 10.1. The highest BCUT2D eigenvalue weighted by atomic mass is 35.5. The number of carbonyl (C=O) groups is 2. The molecule has 2 heterocycles. The molecule has 0 spiro atoms. The Morgan fingerprint density at radius 3 is 2.41 bits per heavy atom. The Bertz CT molecular complexity index is 1520. The van der Waals surface area contributed by atoms with Crippen LogP contribution < -0.4 is 0 Å². The maximum absolute atomic E-state index is 13.1. The van der Waals surface area contributed by atoms with Crippen LogP contribution in [0.3, 0.4) is 0 Å². The first-order valence-corrected chi connectivity index (χ1v) is 11.8. The number of fused-ring (bicyclic) bond motifs is 1. The summed E-state index contributed by atoms with van der Waals surface area (Å²) in [6.07, 6.45) is 3.75. The van der Waals surface area contributed by atoms with Gasteiger partial charge in [0.15, 0.2) is 0 Å². The number of carbonyl (C=O) groups excluding carboxylic acids is 2. The number of para-hydroxylation sites is 1. The van der Waals surface area contributed by atoms with Crippen molar-refractivity contribution in [2.45, 2.75) is 13.1 Å². The maximum Gasteiger partial charge on any atom is 0.293 e. The third kappa shape index (κ3) is 4.12. The van der Waals surface area contributed by atoms with Gasteiger partial charge in [0.05, 0.1) is 23.1 Å². The van der Waals surface area contributed by atoms with Gasteiger partial charge in [-0.25, -0.2) is 0 Å². The third-order valence-electron chi connectivity index (χ3n) is 5.74. The number of halogens is 1. The molecule has 0 atom stereocenters. The molecule has 1 aromatic heterocycles. The van der Waals surface area contributed by atoms with Gasteiger partial charge < -0.3 is 4.57 Å². The van der Waals surface area contributed by atoms with Gasteiger partial charge in [0.2, 0.25) is 0 Å². The Balaban J connectivity index is 1.48. The second-order valence-corrected chi connectivity index (χ2v) is 9.26. The molecule has 2 amide bonds. The van der Waals surface area contributed by atoms with Crippen LogP contribution in [0.25, 0.3) is 17.0 Å². The number of rotatable bonds is 5. The van der Waals surface area contributed by atoms with E-state index in [-0.39, 0.29) is 17.7 Å². The zero-order valence-corrected chi connectivity index (χ0v) is 19.5. The van der Waals surface area contributed by atoms with Gasteiger partial charge in [0.25, 0.3) is 11.1 Å². The van der Waals surface area contributed by atoms with Crippen LogP contribution in [0.2, 0.25) is 5.02 Å². The van der Waals surface area contributed by atoms with Gasteiger partial charge in [-0.2, -0.15) is 5.26 Å². The van der Waals surface area contributed by atoms with E-state index in [9.17, 15) is 14.9 Å². The van der Waals surface area contributed by atoms with Crippen molar-refractivity contribution in [2.24, 2.45) is 0 Å². The van der Waals surface area contributed by atoms with E-state index in [1.54, 1.807) is 30.3 Å². The number of benzene rings is 3. The summed E-state index contributed by atoms with van der Waals surface area (Å²) in [5, 5.41) is 10.7. The number of thioether (sulfide) groups is 1. The van der Waals surface area contributed by atoms with E-state index in [1.807, 2.05) is 54.7 Å². The minimum atomic E-state index is -0.356. The standard InChI is InChI=1S/C27H18ClN3O2S/c28-23-11-5-3-9-20(23)15-30-16-21(22-10-4-6-12-24(22)30)13-25-26(32)31(27(33)34-25)17-19-8-2-1-7-18(19)14-29/h1-13,16H,15,17H2/b25-13+. The van der Waals surface area contributed by atoms with E-state index in [0.717, 1.165) is 33.8 Å². The van der Waals surface area contributed by atoms with E-state index in [2.05, 4.69) is 10.6 Å². The van der Waals surface area contributed by atoms with Crippen LogP contribution in [0, 0.1) is 11.3 Å². The van der Waals surface area contributed by atoms with Gasteiger partial charge in [-0.15, -0.1) is 0 Å². The first kappa shape index (κ1) is 22.0. The van der Waals surface area contributed by atoms with Gasteiger partial charge in [-0.3, -0.25) is 14.5 Å². The van der Waals surface area contributed by atoms with Crippen molar-refractivity contribution in [3.63, 3.8) is 0 Å². The van der Waals surface area contributed by atoms with E-state index in [1.165, 1.54) is 4.90 Å². The summed E-state index contributed by atoms with van der Waals surface area (Å²) in [5.74, 6) is -0.356. The molecule has 166 valence electrons. The minimum Gasteiger partial charge on any atom is -0.342 e. The largest absolute Gasteiger partial charge is 0.342 e. The van der Waals surface area contributed by atoms with Crippen molar-refractivity contribution in [3.8, 4) is 6.07 Å². The molecule has 7 heteroatoms. The molecule has 1 aliphatic rings. The van der Waals surface area contributed by atoms with Crippen molar-refractivity contribution in [2.75, 3.05) is 0 Å². The number of imide groups is 1. The van der Waals surface area contributed by atoms with Crippen LogP contribution in [0.4, 0.5) is 4.79 Å². The lowest BCUT2D eigenvalue weighted by molar-refractivity contribution is -0.123. The van der Waals surface area contributed by atoms with Crippen molar-refractivity contribution in [1.29, 1.82) is 5.26 Å². The molecule has 4 aromatic rings. The molecule has 0 radical (unpaired) electrons. The Labute approximate surface area is 205 Å². The van der Waals surface area contributed by atoms with Gasteiger partial charge in [0, 0.05) is 34.2 Å². The lowest BCUT2D eigenvalue weighted by Gasteiger charge is -2.13. The molecule has 0 saturated carbocycles. The molecular weight excluding hydrogens is 466 g/mol. The van der Waals surface area contributed by atoms with Crippen molar-refractivity contribution < 1.29 is 9.59 Å². The molecule has 0 unspecified atom stereocenters. The lowest BCUT2D eigenvalue weighted by Crippen LogP contribution is -2.27. The molecule has 1 saturated heterocycles. The number of nitriles is 1. The second kappa shape index (κ2) is 9.22. The second-order valence-electron chi connectivity index (χ2n) is 7.86. The molecule has 5 rings (SSSR count). The molecule has 3 aromatic carbocycles. The monoisotopic (exact) mass is 483 g/mol. The van der Waals surface area contributed by atoms with Gasteiger partial charge in [-0.1, -0.05) is 66.2 Å². The first-order chi connectivity index (χ1) is 16.5. The summed E-state index contributed by atoms with van der Waals surface area (Å²) in [6, 6.07) is 24.7. The van der Waals surface area contributed by atoms with Gasteiger partial charge >= 0.3 is 0 Å². The van der Waals surface area contributed by atoms with Crippen molar-refractivity contribution >= 4 is 51.5 Å². The summed E-state index contributed by atoms with van der Waals surface area (Å²) >= 11 is 7.29. The minimum absolute atomic E-state index is 0.0695. The van der Waals surface area contributed by atoms with E-state index in [0.29, 0.717) is 27.6 Å². The van der Waals surface area contributed by atoms with Crippen LogP contribution in [0.1, 0.15) is 22.3 Å². The Kier molecular flexibility index (Phi) is 5.97. The Morgan fingerprint density at radius 2 is 1.62 bits per heavy atom. The van der Waals surface area contributed by atoms with Crippen LogP contribution in [-0.4, -0.2) is 20.6 Å². The summed E-state index contributed by atoms with van der Waals surface area (Å²) in [4.78, 5) is 27.3. The summed E-state index contributed by atoms with van der Waals surface area (Å²) in [6.45, 7) is 0.653. The average molecular weight is 484 g/mol. The maximum atomic E-state index is 13.1. The Morgan fingerprint density at radius 1 is 0.912 bits per heavy atom. The molecule has 5 nitrogen and oxygen atoms in total. The molecule has 0 N–H and O–H groups in total. The molecule has 34 heavy (non-hydrogen) atoms. The normalized spacial score (nSPS) is 14.8. The van der Waals surface area contributed by atoms with Gasteiger partial charge in [0.1, 0.15) is 0 Å². The predicted molar refractivity (Wildman–Crippen MR) is 135 cm³/mol. The highest BCUT2D eigenvalue weighted by molar-refractivity contribution is 8.18. The predicted octanol–water partition coefficient (Wildman–Crippen LogP) is 6.45. The topological polar surface area (TPSA) is 66.1 Å². The van der Waals surface area contributed by atoms with Crippen LogP contribution >= 0.6 is 23.4 Å². The summed E-state index contributed by atoms with van der Waals surface area (Å²) in [5.41, 5.74) is 3.95. The third-order valence-corrected chi connectivity index (χ3v) is 7.02. The van der Waals surface area contributed by atoms with E-state index >= 15 is 0 Å². The molecule has 0 bridgehead atoms. The van der Waals surface area contributed by atoms with Crippen molar-refractivity contribution in [3.05, 3.63) is 111 Å². The Hall–Kier alpha value is -3.79. The number of amides is 2. The highest BCUT2D eigenvalue weighted by Crippen LogP contribution is 2.35. The SMILES string of the molecule is N#Cc1ccccc1CN1C(=O)S/C(=C/c2cn(Cc3ccccc3Cl)c3ccccc23)C1=O. The summed E-state index contributed by atoms with van der Waals surface area (Å²) < 4.78 is 2.09. The van der Waals surface area contributed by atoms with Crippen molar-refractivity contribution in [1.82, 2.24) is 9.47 Å². The average Bonchev–Trinajstić information content (AvgIpc) is 3.33. The fourth-order valence-electron chi connectivity index (χ4n) is 4.05. The fourth-order valence-corrected chi connectivity index (χ4v) is 5.07. The molecule has 1 aliphatic heterocycles. The first-order valence-electron chi connectivity index (χ1n) is 10.6. The molecule has 0 aliphatic carbocycles. The van der Waals surface area contributed by atoms with Gasteiger partial charge in [-0.05, 0) is 47.2 Å². The van der Waals surface area contributed by atoms with Crippen LogP contribution in [-0.2, 0) is 17.9 Å². The van der Waals surface area contributed by atoms with E-state index < -0.39 is 0 Å². The number of hydrogen-bond donors (Lipinski definition) is 0. The van der Waals surface area contributed by atoms with Crippen LogP contribution in [0.15, 0.2) is 83.9 Å². The summed E-state index contributed by atoms with van der Waals surface area (Å²) in [7, 11) is 0. The molecular formula is C27H18ClN3O2S. The number of hydrogen-bond acceptors (Lipinski definition) is 4.